The minimum absolute atomic E-state index is 0.00719. The van der Waals surface area contributed by atoms with Gasteiger partial charge in [-0.05, 0) is 6.92 Å². The molecule has 0 aromatic rings. The number of hydrogen-bond acceptors (Lipinski definition) is 4. The van der Waals surface area contributed by atoms with E-state index in [1.54, 1.807) is 6.92 Å². The molecule has 0 saturated carbocycles. The van der Waals surface area contributed by atoms with Crippen LogP contribution in [0.5, 0.6) is 0 Å². The highest BCUT2D eigenvalue weighted by molar-refractivity contribution is 5.87. The van der Waals surface area contributed by atoms with Gasteiger partial charge in [0.15, 0.2) is 0 Å². The number of carboxylic acid groups (broad SMARTS) is 1. The first-order valence-electron chi connectivity index (χ1n) is 5.61. The van der Waals surface area contributed by atoms with Gasteiger partial charge in [-0.2, -0.15) is 0 Å². The normalized spacial score (nSPS) is 21.8. The maximum Gasteiger partial charge on any atom is 0.322 e. The van der Waals surface area contributed by atoms with Crippen LogP contribution in [0.4, 0.5) is 0 Å². The summed E-state index contributed by atoms with van der Waals surface area (Å²) in [6.07, 6.45) is 1.53. The molecule has 100 valence electrons. The fourth-order valence-corrected chi connectivity index (χ4v) is 1.77. The number of hydrogen-bond donors (Lipinski definition) is 3. The van der Waals surface area contributed by atoms with E-state index in [1.807, 2.05) is 0 Å². The van der Waals surface area contributed by atoms with Gasteiger partial charge in [0.05, 0.1) is 12.6 Å². The van der Waals surface area contributed by atoms with Gasteiger partial charge < -0.3 is 15.7 Å². The molecule has 0 aromatic heterocycles. The monoisotopic (exact) mass is 255 g/mol. The van der Waals surface area contributed by atoms with Crippen LogP contribution >= 0.6 is 0 Å². The highest BCUT2D eigenvalue weighted by Crippen LogP contribution is 2.09. The number of rotatable bonds is 5. The number of piperazine rings is 1. The van der Waals surface area contributed by atoms with Gasteiger partial charge in [-0.25, -0.2) is 0 Å². The Bertz CT molecular complexity index is 369. The topological polar surface area (TPSA) is 98.7 Å². The average molecular weight is 255 g/mol. The summed E-state index contributed by atoms with van der Waals surface area (Å²) in [7, 11) is 0. The van der Waals surface area contributed by atoms with Crippen LogP contribution in [0.2, 0.25) is 0 Å². The molecule has 0 radical (unpaired) electrons. The van der Waals surface area contributed by atoms with E-state index < -0.39 is 18.1 Å². The van der Waals surface area contributed by atoms with Gasteiger partial charge in [-0.1, -0.05) is 6.08 Å². The first-order valence-corrected chi connectivity index (χ1v) is 5.61. The molecular weight excluding hydrogens is 238 g/mol. The summed E-state index contributed by atoms with van der Waals surface area (Å²) in [5.41, 5.74) is 0. The van der Waals surface area contributed by atoms with Crippen molar-refractivity contribution >= 4 is 17.8 Å². The molecule has 7 heteroatoms. The lowest BCUT2D eigenvalue weighted by Gasteiger charge is -2.36. The van der Waals surface area contributed by atoms with Gasteiger partial charge in [-0.3, -0.25) is 19.3 Å². The lowest BCUT2D eigenvalue weighted by Crippen LogP contribution is -2.62. The van der Waals surface area contributed by atoms with Crippen molar-refractivity contribution in [3.05, 3.63) is 12.7 Å². The van der Waals surface area contributed by atoms with Gasteiger partial charge in [-0.15, -0.1) is 6.58 Å². The molecule has 2 atom stereocenters. The minimum atomic E-state index is -1.06. The number of aliphatic carboxylic acids is 1. The van der Waals surface area contributed by atoms with Crippen molar-refractivity contribution in [2.45, 2.75) is 19.0 Å². The van der Waals surface area contributed by atoms with E-state index in [0.29, 0.717) is 6.54 Å². The molecule has 0 spiro atoms. The van der Waals surface area contributed by atoms with Crippen molar-refractivity contribution in [2.24, 2.45) is 0 Å². The second-order valence-corrected chi connectivity index (χ2v) is 4.04. The summed E-state index contributed by atoms with van der Waals surface area (Å²) < 4.78 is 0. The second kappa shape index (κ2) is 6.15. The molecular formula is C11H17N3O4. The van der Waals surface area contributed by atoms with Crippen LogP contribution in [0, 0.1) is 0 Å². The van der Waals surface area contributed by atoms with E-state index in [2.05, 4.69) is 17.2 Å². The molecule has 2 amide bonds. The van der Waals surface area contributed by atoms with Crippen molar-refractivity contribution in [1.29, 1.82) is 0 Å². The Balaban J connectivity index is 2.74. The van der Waals surface area contributed by atoms with Crippen LogP contribution in [0.25, 0.3) is 0 Å². The zero-order valence-corrected chi connectivity index (χ0v) is 10.2. The van der Waals surface area contributed by atoms with E-state index in [4.69, 9.17) is 5.11 Å². The van der Waals surface area contributed by atoms with Gasteiger partial charge >= 0.3 is 5.97 Å². The SMILES string of the molecule is C=CCNC(=O)C(C)N1CC(=O)NCC1C(=O)O. The highest BCUT2D eigenvalue weighted by atomic mass is 16.4. The predicted molar refractivity (Wildman–Crippen MR) is 63.8 cm³/mol. The molecule has 1 fully saturated rings. The molecule has 1 saturated heterocycles. The van der Waals surface area contributed by atoms with Crippen LogP contribution in [0.15, 0.2) is 12.7 Å². The van der Waals surface area contributed by atoms with Crippen LogP contribution in [0.3, 0.4) is 0 Å². The lowest BCUT2D eigenvalue weighted by atomic mass is 10.1. The third kappa shape index (κ3) is 3.30. The number of carboxylic acids is 1. The van der Waals surface area contributed by atoms with Gasteiger partial charge in [0.2, 0.25) is 11.8 Å². The first kappa shape index (κ1) is 14.2. The Morgan fingerprint density at radius 1 is 1.72 bits per heavy atom. The van der Waals surface area contributed by atoms with E-state index in [0.717, 1.165) is 0 Å². The van der Waals surface area contributed by atoms with Crippen molar-refractivity contribution in [2.75, 3.05) is 19.6 Å². The van der Waals surface area contributed by atoms with Gasteiger partial charge in [0.25, 0.3) is 0 Å². The van der Waals surface area contributed by atoms with Crippen LogP contribution in [-0.4, -0.2) is 59.5 Å². The summed E-state index contributed by atoms with van der Waals surface area (Å²) in [5.74, 6) is -1.66. The van der Waals surface area contributed by atoms with Crippen molar-refractivity contribution in [3.8, 4) is 0 Å². The maximum atomic E-state index is 11.8. The number of nitrogens with one attached hydrogen (secondary N) is 2. The smallest absolute Gasteiger partial charge is 0.322 e. The third-order valence-corrected chi connectivity index (χ3v) is 2.80. The van der Waals surface area contributed by atoms with Gasteiger partial charge in [0, 0.05) is 13.1 Å². The Hall–Kier alpha value is -1.89. The Labute approximate surface area is 105 Å². The molecule has 1 heterocycles. The summed E-state index contributed by atoms with van der Waals surface area (Å²) in [5, 5.41) is 14.1. The summed E-state index contributed by atoms with van der Waals surface area (Å²) in [4.78, 5) is 35.5. The summed E-state index contributed by atoms with van der Waals surface area (Å²) in [6.45, 7) is 5.27. The fraction of sp³-hybridized carbons (Fsp3) is 0.545. The molecule has 1 aliphatic heterocycles. The summed E-state index contributed by atoms with van der Waals surface area (Å²) in [6, 6.07) is -1.57. The van der Waals surface area contributed by atoms with Crippen molar-refractivity contribution in [3.63, 3.8) is 0 Å². The van der Waals surface area contributed by atoms with Crippen LogP contribution in [0.1, 0.15) is 6.92 Å². The molecule has 7 nitrogen and oxygen atoms in total. The van der Waals surface area contributed by atoms with E-state index >= 15 is 0 Å². The number of carbonyl (C=O) groups is 3. The molecule has 3 N–H and O–H groups in total. The number of amides is 2. The second-order valence-electron chi connectivity index (χ2n) is 4.04. The molecule has 0 aliphatic carbocycles. The lowest BCUT2D eigenvalue weighted by molar-refractivity contribution is -0.148. The highest BCUT2D eigenvalue weighted by Gasteiger charge is 2.37. The Kier molecular flexibility index (Phi) is 4.85. The standard InChI is InChI=1S/C11H17N3O4/c1-3-4-12-10(16)7(2)14-6-9(15)13-5-8(14)11(17)18/h3,7-8H,1,4-6H2,2H3,(H,12,16)(H,13,15)(H,17,18). The van der Waals surface area contributed by atoms with Gasteiger partial charge in [0.1, 0.15) is 6.04 Å². The molecule has 1 aliphatic rings. The van der Waals surface area contributed by atoms with E-state index in [1.165, 1.54) is 11.0 Å². The van der Waals surface area contributed by atoms with Crippen LogP contribution in [-0.2, 0) is 14.4 Å². The minimum Gasteiger partial charge on any atom is -0.480 e. The predicted octanol–water partition coefficient (Wildman–Crippen LogP) is -1.44. The van der Waals surface area contributed by atoms with E-state index in [-0.39, 0.29) is 24.9 Å². The van der Waals surface area contributed by atoms with Crippen molar-refractivity contribution < 1.29 is 19.5 Å². The number of carbonyl (C=O) groups excluding carboxylic acids is 2. The van der Waals surface area contributed by atoms with Crippen molar-refractivity contribution in [1.82, 2.24) is 15.5 Å². The quantitative estimate of drug-likeness (QED) is 0.523. The molecule has 2 unspecified atom stereocenters. The largest absolute Gasteiger partial charge is 0.480 e. The maximum absolute atomic E-state index is 11.8. The fourth-order valence-electron chi connectivity index (χ4n) is 1.77. The molecule has 18 heavy (non-hydrogen) atoms. The summed E-state index contributed by atoms with van der Waals surface area (Å²) >= 11 is 0. The zero-order chi connectivity index (χ0) is 13.7. The molecule has 1 rings (SSSR count). The van der Waals surface area contributed by atoms with Crippen LogP contribution < -0.4 is 10.6 Å². The average Bonchev–Trinajstić information content (AvgIpc) is 2.34. The van der Waals surface area contributed by atoms with E-state index in [9.17, 15) is 14.4 Å². The third-order valence-electron chi connectivity index (χ3n) is 2.80. The zero-order valence-electron chi connectivity index (χ0n) is 10.2. The number of nitrogens with zero attached hydrogens (tertiary/aromatic N) is 1. The Morgan fingerprint density at radius 3 is 2.94 bits per heavy atom. The molecule has 0 aromatic carbocycles. The first-order chi connectivity index (χ1) is 8.47. The Morgan fingerprint density at radius 2 is 2.39 bits per heavy atom. The molecule has 0 bridgehead atoms.